The normalized spacial score (nSPS) is 31.0. The maximum absolute atomic E-state index is 12.8. The smallest absolute Gasteiger partial charge is 0.354 e. The summed E-state index contributed by atoms with van der Waals surface area (Å²) >= 11 is 0. The average Bonchev–Trinajstić information content (AvgIpc) is 2.64. The van der Waals surface area contributed by atoms with E-state index in [0.717, 1.165) is 24.2 Å². The Morgan fingerprint density at radius 3 is 2.62 bits per heavy atom. The highest BCUT2D eigenvalue weighted by atomic mass is 32.2. The van der Waals surface area contributed by atoms with Gasteiger partial charge in [-0.05, 0) is 19.3 Å². The minimum atomic E-state index is -1.71. The number of carbonyl (C=O) groups is 4. The third-order valence-electron chi connectivity index (χ3n) is 4.93. The zero-order chi connectivity index (χ0) is 18.9. The lowest BCUT2D eigenvalue weighted by Gasteiger charge is -2.56. The molecule has 142 valence electrons. The van der Waals surface area contributed by atoms with Gasteiger partial charge in [-0.2, -0.15) is 0 Å². The van der Waals surface area contributed by atoms with Crippen LogP contribution in [0.15, 0.2) is 11.4 Å². The van der Waals surface area contributed by atoms with Gasteiger partial charge in [0, 0.05) is 13.1 Å². The lowest BCUT2D eigenvalue weighted by Crippen LogP contribution is -2.83. The van der Waals surface area contributed by atoms with Gasteiger partial charge >= 0.3 is 5.97 Å². The van der Waals surface area contributed by atoms with Gasteiger partial charge in [0.2, 0.25) is 6.41 Å². The fourth-order valence-electron chi connectivity index (χ4n) is 3.77. The Kier molecular flexibility index (Phi) is 4.99. The number of nitrogens with zero attached hydrogens (tertiary/aromatic N) is 2. The van der Waals surface area contributed by atoms with Gasteiger partial charge in [0.15, 0.2) is 11.2 Å². The summed E-state index contributed by atoms with van der Waals surface area (Å²) in [4.78, 5) is 49.0. The Morgan fingerprint density at radius 2 is 2.04 bits per heavy atom. The van der Waals surface area contributed by atoms with Crippen LogP contribution in [0.25, 0.3) is 0 Å². The second-order valence-corrected chi connectivity index (χ2v) is 7.84. The number of ether oxygens (including phenoxy) is 1. The number of nitrogens with one attached hydrogen (secondary N) is 1. The first kappa shape index (κ1) is 18.4. The van der Waals surface area contributed by atoms with Gasteiger partial charge in [-0.3, -0.25) is 23.5 Å². The molecule has 2 fully saturated rings. The fraction of sp³-hybridized carbons (Fsp3) is 0.600. The molecular weight excluding hydrogens is 366 g/mol. The molecule has 3 aliphatic heterocycles. The number of amides is 2. The van der Waals surface area contributed by atoms with Crippen molar-refractivity contribution in [2.24, 2.45) is 0 Å². The highest BCUT2D eigenvalue weighted by Gasteiger charge is 2.68. The van der Waals surface area contributed by atoms with Crippen molar-refractivity contribution in [1.82, 2.24) is 15.1 Å². The van der Waals surface area contributed by atoms with E-state index in [1.54, 1.807) is 0 Å². The highest BCUT2D eigenvalue weighted by Crippen LogP contribution is 2.42. The van der Waals surface area contributed by atoms with Crippen molar-refractivity contribution < 1.29 is 33.2 Å². The Bertz CT molecular complexity index is 703. The predicted octanol–water partition coefficient (Wildman–Crippen LogP) is -1.64. The number of β-lactam (4-membered cyclic amide) rings is 1. The molecule has 2 N–H and O–H groups in total. The monoisotopic (exact) mass is 385 g/mol. The molecule has 26 heavy (non-hydrogen) atoms. The molecule has 0 aliphatic carbocycles. The number of fused-ring (bicyclic) bond motifs is 1. The largest absolute Gasteiger partial charge is 0.477 e. The maximum Gasteiger partial charge on any atom is 0.354 e. The summed E-state index contributed by atoms with van der Waals surface area (Å²) in [6.07, 6.45) is 3.08. The van der Waals surface area contributed by atoms with E-state index in [2.05, 4.69) is 10.1 Å². The van der Waals surface area contributed by atoms with Crippen LogP contribution in [0, 0.1) is 0 Å². The number of hydrogen-bond donors (Lipinski definition) is 2. The molecule has 0 bridgehead atoms. The van der Waals surface area contributed by atoms with Gasteiger partial charge in [0.05, 0.1) is 22.2 Å². The minimum Gasteiger partial charge on any atom is -0.477 e. The number of hydrogen-bond acceptors (Lipinski definition) is 7. The summed E-state index contributed by atoms with van der Waals surface area (Å²) in [6.45, 7) is 0.889. The lowest BCUT2D eigenvalue weighted by molar-refractivity contribution is -0.164. The molecule has 0 aromatic rings. The van der Waals surface area contributed by atoms with Crippen LogP contribution in [0.1, 0.15) is 19.3 Å². The molecule has 3 aliphatic rings. The van der Waals surface area contributed by atoms with E-state index < -0.39 is 40.2 Å². The molecule has 2 amide bonds. The van der Waals surface area contributed by atoms with Gasteiger partial charge in [-0.25, -0.2) is 4.79 Å². The lowest BCUT2D eigenvalue weighted by atomic mass is 9.87. The van der Waals surface area contributed by atoms with Gasteiger partial charge in [-0.15, -0.1) is 0 Å². The first-order valence-corrected chi connectivity index (χ1v) is 9.55. The van der Waals surface area contributed by atoms with Crippen molar-refractivity contribution in [3.63, 3.8) is 0 Å². The second kappa shape index (κ2) is 7.06. The van der Waals surface area contributed by atoms with E-state index in [9.17, 15) is 28.5 Å². The van der Waals surface area contributed by atoms with E-state index in [4.69, 9.17) is 0 Å². The minimum absolute atomic E-state index is 0.0422. The van der Waals surface area contributed by atoms with Crippen LogP contribution < -0.4 is 5.32 Å². The third kappa shape index (κ3) is 2.66. The van der Waals surface area contributed by atoms with Crippen molar-refractivity contribution in [1.29, 1.82) is 0 Å². The van der Waals surface area contributed by atoms with E-state index in [1.807, 2.05) is 4.90 Å². The van der Waals surface area contributed by atoms with Crippen molar-refractivity contribution >= 4 is 35.6 Å². The summed E-state index contributed by atoms with van der Waals surface area (Å²) in [6, 6.07) is 0. The number of carbonyl (C=O) groups excluding carboxylic acids is 3. The van der Waals surface area contributed by atoms with E-state index in [0.29, 0.717) is 18.8 Å². The van der Waals surface area contributed by atoms with Crippen LogP contribution in [0.4, 0.5) is 0 Å². The summed E-state index contributed by atoms with van der Waals surface area (Å²) < 4.78 is 17.5. The number of aliphatic carboxylic acids is 1. The molecule has 2 unspecified atom stereocenters. The van der Waals surface area contributed by atoms with Crippen LogP contribution >= 0.6 is 0 Å². The molecule has 0 aromatic carbocycles. The molecule has 3 rings (SSSR count). The number of likely N-dealkylation sites (tertiary alicyclic amines) is 1. The summed E-state index contributed by atoms with van der Waals surface area (Å²) in [5.74, 6) is -2.09. The van der Waals surface area contributed by atoms with Crippen molar-refractivity contribution in [3.8, 4) is 0 Å². The molecule has 2 saturated heterocycles. The molecule has 3 atom stereocenters. The van der Waals surface area contributed by atoms with Gasteiger partial charge in [0.1, 0.15) is 12.0 Å². The molecule has 0 aromatic heterocycles. The third-order valence-corrected chi connectivity index (χ3v) is 6.60. The summed E-state index contributed by atoms with van der Waals surface area (Å²) in [7, 11) is -1.67. The zero-order valence-electron chi connectivity index (χ0n) is 13.9. The van der Waals surface area contributed by atoms with Gasteiger partial charge < -0.3 is 20.1 Å². The van der Waals surface area contributed by atoms with Crippen molar-refractivity contribution in [2.45, 2.75) is 30.2 Å². The fourth-order valence-corrected chi connectivity index (χ4v) is 5.64. The van der Waals surface area contributed by atoms with Crippen molar-refractivity contribution in [2.75, 3.05) is 25.4 Å². The van der Waals surface area contributed by atoms with Gasteiger partial charge in [0.25, 0.3) is 12.4 Å². The molecule has 11 heteroatoms. The van der Waals surface area contributed by atoms with Crippen LogP contribution in [-0.2, 0) is 34.7 Å². The van der Waals surface area contributed by atoms with E-state index >= 15 is 0 Å². The molecule has 0 radical (unpaired) electrons. The van der Waals surface area contributed by atoms with Crippen LogP contribution in [-0.4, -0.2) is 80.2 Å². The Labute approximate surface area is 151 Å². The topological polar surface area (TPSA) is 133 Å². The number of piperidine rings is 1. The standard InChI is InChI=1S/C15H19N3O7S/c19-8-16-15(7-25-9-20)13(23)18-11(12(21)22)10(6-26(24)14(15)18)17-4-2-1-3-5-17/h8-9,14H,1-7H2,(H,16,19)(H,21,22)/t14-,15?,26?/m0/s1. The SMILES string of the molecule is O=CNC1(COC=O)C(=O)N2C(C(=O)O)=C(N3CCCCC3)CS(=O)[C@H]21. The molecule has 3 heterocycles. The summed E-state index contributed by atoms with van der Waals surface area (Å²) in [5, 5.41) is 10.9. The second-order valence-electron chi connectivity index (χ2n) is 6.34. The number of carboxylic acid groups (broad SMARTS) is 1. The quantitative estimate of drug-likeness (QED) is 0.394. The van der Waals surface area contributed by atoms with Crippen LogP contribution in [0.5, 0.6) is 0 Å². The number of rotatable bonds is 7. The average molecular weight is 385 g/mol. The first-order chi connectivity index (χ1) is 12.5. The molecule has 0 spiro atoms. The Hall–Kier alpha value is -2.43. The Morgan fingerprint density at radius 1 is 1.35 bits per heavy atom. The maximum atomic E-state index is 12.8. The first-order valence-electron chi connectivity index (χ1n) is 8.16. The van der Waals surface area contributed by atoms with Crippen LogP contribution in [0.3, 0.4) is 0 Å². The van der Waals surface area contributed by atoms with Crippen molar-refractivity contribution in [3.05, 3.63) is 11.4 Å². The molecular formula is C15H19N3O7S. The van der Waals surface area contributed by atoms with E-state index in [-0.39, 0.29) is 24.3 Å². The predicted molar refractivity (Wildman–Crippen MR) is 87.7 cm³/mol. The van der Waals surface area contributed by atoms with Gasteiger partial charge in [-0.1, -0.05) is 0 Å². The Balaban J connectivity index is 2.01. The van der Waals surface area contributed by atoms with E-state index in [1.165, 1.54) is 0 Å². The summed E-state index contributed by atoms with van der Waals surface area (Å²) in [5.41, 5.74) is -1.55. The zero-order valence-corrected chi connectivity index (χ0v) is 14.7. The molecule has 0 saturated carbocycles. The van der Waals surface area contributed by atoms with Crippen LogP contribution in [0.2, 0.25) is 0 Å². The number of carboxylic acids is 1. The highest BCUT2D eigenvalue weighted by molar-refractivity contribution is 7.86. The molecule has 10 nitrogen and oxygen atoms in total.